The summed E-state index contributed by atoms with van der Waals surface area (Å²) in [5.41, 5.74) is 1.32. The molecule has 39 heavy (non-hydrogen) atoms. The second-order valence-electron chi connectivity index (χ2n) is 9.62. The minimum Gasteiger partial charge on any atom is -0.435 e. The summed E-state index contributed by atoms with van der Waals surface area (Å²) in [6, 6.07) is 5.00. The number of alkyl halides is 2. The van der Waals surface area contributed by atoms with Gasteiger partial charge >= 0.3 is 6.61 Å². The van der Waals surface area contributed by atoms with Crippen LogP contribution in [-0.4, -0.2) is 81.8 Å². The van der Waals surface area contributed by atoms with E-state index in [2.05, 4.69) is 42.0 Å². The Balaban J connectivity index is 1.31. The maximum atomic E-state index is 13.2. The molecule has 12 nitrogen and oxygen atoms in total. The number of rotatable bonds is 8. The average molecular weight is 559 g/mol. The van der Waals surface area contributed by atoms with Crippen LogP contribution in [0.1, 0.15) is 24.8 Å². The number of aromatic nitrogens is 4. The summed E-state index contributed by atoms with van der Waals surface area (Å²) < 4.78 is 32.6. The van der Waals surface area contributed by atoms with E-state index in [1.54, 1.807) is 0 Å². The van der Waals surface area contributed by atoms with Gasteiger partial charge in [-0.1, -0.05) is 11.6 Å². The van der Waals surface area contributed by atoms with Gasteiger partial charge in [0.05, 0.1) is 28.6 Å². The Morgan fingerprint density at radius 2 is 1.97 bits per heavy atom. The van der Waals surface area contributed by atoms with Gasteiger partial charge in [0.1, 0.15) is 17.4 Å². The molecule has 15 heteroatoms. The number of piperazine rings is 1. The van der Waals surface area contributed by atoms with Gasteiger partial charge in [0.15, 0.2) is 5.65 Å². The number of nitrogens with one attached hydrogen (secondary N) is 3. The molecule has 3 aliphatic rings. The molecule has 204 valence electrons. The lowest BCUT2D eigenvalue weighted by Gasteiger charge is -2.38. The molecule has 1 amide bonds. The zero-order chi connectivity index (χ0) is 27.1. The number of halogens is 3. The number of carbonyl (C=O) groups excluding carboxylic acids is 1. The van der Waals surface area contributed by atoms with Gasteiger partial charge < -0.3 is 25.6 Å². The normalized spacial score (nSPS) is 19.8. The molecule has 1 aliphatic carbocycles. The minimum absolute atomic E-state index is 0.0329. The third-order valence-corrected chi connectivity index (χ3v) is 7.41. The number of fused-ring (bicyclic) bond motifs is 1. The number of hydrogen-bond acceptors (Lipinski definition) is 10. The molecule has 0 radical (unpaired) electrons. The summed E-state index contributed by atoms with van der Waals surface area (Å²) >= 11 is 6.81. The zero-order valence-electron chi connectivity index (χ0n) is 20.7. The fraction of sp³-hybridized carbons (Fsp3) is 0.458. The maximum absolute atomic E-state index is 13.2. The molecule has 1 saturated carbocycles. The van der Waals surface area contributed by atoms with Crippen molar-refractivity contribution >= 4 is 46.4 Å². The Labute approximate surface area is 226 Å². The maximum Gasteiger partial charge on any atom is 0.387 e. The van der Waals surface area contributed by atoms with Gasteiger partial charge in [-0.15, -0.1) is 0 Å². The highest BCUT2D eigenvalue weighted by Crippen LogP contribution is 2.39. The Morgan fingerprint density at radius 3 is 2.64 bits per heavy atom. The molecule has 0 bridgehead atoms. The predicted octanol–water partition coefficient (Wildman–Crippen LogP) is 2.58. The molecule has 2 aliphatic heterocycles. The fourth-order valence-electron chi connectivity index (χ4n) is 4.92. The number of ether oxygens (including phenoxy) is 1. The van der Waals surface area contributed by atoms with Crippen molar-refractivity contribution in [3.05, 3.63) is 28.9 Å². The van der Waals surface area contributed by atoms with E-state index in [9.17, 15) is 18.8 Å². The van der Waals surface area contributed by atoms with Crippen molar-refractivity contribution in [3.63, 3.8) is 0 Å². The first-order valence-electron chi connectivity index (χ1n) is 12.6. The van der Waals surface area contributed by atoms with Crippen molar-refractivity contribution in [1.82, 2.24) is 29.8 Å². The molecule has 2 aromatic heterocycles. The van der Waals surface area contributed by atoms with E-state index < -0.39 is 6.61 Å². The Bertz CT molecular complexity index is 1450. The number of anilines is 4. The summed E-state index contributed by atoms with van der Waals surface area (Å²) in [7, 11) is 0. The van der Waals surface area contributed by atoms with Crippen LogP contribution in [0.5, 0.6) is 5.75 Å². The van der Waals surface area contributed by atoms with Gasteiger partial charge in [-0.2, -0.15) is 33.6 Å². The van der Waals surface area contributed by atoms with Crippen molar-refractivity contribution in [1.29, 1.82) is 5.26 Å². The first-order chi connectivity index (χ1) is 18.9. The molecule has 3 aromatic rings. The summed E-state index contributed by atoms with van der Waals surface area (Å²) in [4.78, 5) is 25.2. The number of benzene rings is 1. The smallest absolute Gasteiger partial charge is 0.387 e. The second-order valence-corrected chi connectivity index (χ2v) is 10.00. The summed E-state index contributed by atoms with van der Waals surface area (Å²) in [6.07, 6.45) is 4.14. The number of carbonyl (C=O) groups is 1. The Morgan fingerprint density at radius 1 is 1.18 bits per heavy atom. The molecule has 6 rings (SSSR count). The first-order valence-corrected chi connectivity index (χ1v) is 13.0. The summed E-state index contributed by atoms with van der Waals surface area (Å²) in [6.45, 7) is -0.0492. The molecule has 2 saturated heterocycles. The lowest BCUT2D eigenvalue weighted by molar-refractivity contribution is -0.123. The largest absolute Gasteiger partial charge is 0.435 e. The van der Waals surface area contributed by atoms with Crippen LogP contribution in [0.3, 0.4) is 0 Å². The Kier molecular flexibility index (Phi) is 6.69. The van der Waals surface area contributed by atoms with E-state index in [-0.39, 0.29) is 46.0 Å². The van der Waals surface area contributed by atoms with Crippen molar-refractivity contribution in [2.24, 2.45) is 0 Å². The molecule has 4 heterocycles. The fourth-order valence-corrected chi connectivity index (χ4v) is 5.19. The number of hydrogen-bond donors (Lipinski definition) is 3. The monoisotopic (exact) mass is 558 g/mol. The molecular weight excluding hydrogens is 534 g/mol. The van der Waals surface area contributed by atoms with Gasteiger partial charge in [-0.05, 0) is 19.3 Å². The van der Waals surface area contributed by atoms with Crippen LogP contribution in [0.2, 0.25) is 5.02 Å². The van der Waals surface area contributed by atoms with E-state index in [1.165, 1.54) is 22.8 Å². The van der Waals surface area contributed by atoms with Crippen LogP contribution in [0, 0.1) is 11.3 Å². The van der Waals surface area contributed by atoms with Crippen LogP contribution in [-0.2, 0) is 4.79 Å². The van der Waals surface area contributed by atoms with Crippen LogP contribution >= 0.6 is 11.6 Å². The highest BCUT2D eigenvalue weighted by atomic mass is 35.5. The minimum atomic E-state index is -3.03. The van der Waals surface area contributed by atoms with E-state index in [1.807, 2.05) is 4.90 Å². The van der Waals surface area contributed by atoms with Crippen molar-refractivity contribution in [2.75, 3.05) is 48.3 Å². The molecule has 3 N–H and O–H groups in total. The second kappa shape index (κ2) is 10.3. The third-order valence-electron chi connectivity index (χ3n) is 7.01. The molecular formula is C24H25ClF2N10O2. The van der Waals surface area contributed by atoms with Crippen LogP contribution < -0.4 is 25.6 Å². The van der Waals surface area contributed by atoms with E-state index >= 15 is 0 Å². The molecule has 0 unspecified atom stereocenters. The first kappa shape index (κ1) is 25.3. The van der Waals surface area contributed by atoms with E-state index in [0.717, 1.165) is 19.3 Å². The van der Waals surface area contributed by atoms with Crippen molar-refractivity contribution in [2.45, 2.75) is 38.0 Å². The van der Waals surface area contributed by atoms with E-state index in [0.29, 0.717) is 50.0 Å². The number of amides is 1. The summed E-state index contributed by atoms with van der Waals surface area (Å²) in [5.74, 6) is 0.464. The predicted molar refractivity (Wildman–Crippen MR) is 139 cm³/mol. The topological polar surface area (TPSA) is 136 Å². The number of nitriles is 1. The average Bonchev–Trinajstić information content (AvgIpc) is 3.47. The molecule has 3 fully saturated rings. The molecule has 1 aromatic carbocycles. The van der Waals surface area contributed by atoms with Crippen molar-refractivity contribution < 1.29 is 18.3 Å². The Hall–Kier alpha value is -3.96. The van der Waals surface area contributed by atoms with Crippen LogP contribution in [0.15, 0.2) is 18.3 Å². The van der Waals surface area contributed by atoms with E-state index in [4.69, 9.17) is 16.3 Å². The highest BCUT2D eigenvalue weighted by Gasteiger charge is 2.33. The van der Waals surface area contributed by atoms with Crippen molar-refractivity contribution in [3.8, 4) is 11.8 Å². The van der Waals surface area contributed by atoms with Gasteiger partial charge in [-0.25, -0.2) is 0 Å². The zero-order valence-corrected chi connectivity index (χ0v) is 21.5. The lowest BCUT2D eigenvalue weighted by atomic mass is 10.1. The van der Waals surface area contributed by atoms with Gasteiger partial charge in [0, 0.05) is 50.9 Å². The summed E-state index contributed by atoms with van der Waals surface area (Å²) in [5, 5.41) is 23.1. The quantitative estimate of drug-likeness (QED) is 0.378. The highest BCUT2D eigenvalue weighted by molar-refractivity contribution is 6.36. The SMILES string of the molecule is N#Cc1cnn2c(NC3CC3)nc(Nc3cc(OC(F)F)cc(N4CCN([C@H]5CCNC5=O)CC4)c3Cl)nc12. The standard InChI is InChI=1S/C24H25ClF2N10O2/c25-19-16(32-23-33-20-13(11-28)12-30-37(20)24(34-23)31-14-1-2-14)9-15(39-22(26)27)10-18(19)36-7-5-35(6-8-36)17-3-4-29-21(17)38/h9-10,12,14,17,22H,1-8H2,(H,29,38)(H2,31,32,33,34)/t17-/m0/s1. The third kappa shape index (κ3) is 5.19. The molecule has 1 atom stereocenters. The van der Waals surface area contributed by atoms with Gasteiger partial charge in [0.25, 0.3) is 0 Å². The van der Waals surface area contributed by atoms with Gasteiger partial charge in [-0.3, -0.25) is 9.69 Å². The van der Waals surface area contributed by atoms with Crippen LogP contribution in [0.4, 0.5) is 32.1 Å². The lowest BCUT2D eigenvalue weighted by Crippen LogP contribution is -2.52. The van der Waals surface area contributed by atoms with Crippen LogP contribution in [0.25, 0.3) is 5.65 Å². The van der Waals surface area contributed by atoms with Gasteiger partial charge in [0.2, 0.25) is 17.8 Å². The molecule has 0 spiro atoms. The number of nitrogens with zero attached hydrogens (tertiary/aromatic N) is 7.